The summed E-state index contributed by atoms with van der Waals surface area (Å²) in [6.07, 6.45) is 5.99. The van der Waals surface area contributed by atoms with Gasteiger partial charge >= 0.3 is 0 Å². The minimum absolute atomic E-state index is 0.163. The minimum Gasteiger partial charge on any atom is -0.353 e. The van der Waals surface area contributed by atoms with E-state index in [4.69, 9.17) is 0 Å². The Balaban J connectivity index is 1.64. The van der Waals surface area contributed by atoms with E-state index >= 15 is 0 Å². The zero-order chi connectivity index (χ0) is 11.4. The molecule has 1 unspecified atom stereocenters. The maximum atomic E-state index is 11.5. The highest BCUT2D eigenvalue weighted by molar-refractivity contribution is 5.76. The Hall–Kier alpha value is -0.900. The largest absolute Gasteiger partial charge is 0.353 e. The zero-order valence-corrected chi connectivity index (χ0v) is 9.65. The van der Waals surface area contributed by atoms with Crippen molar-refractivity contribution in [3.05, 3.63) is 0 Å². The van der Waals surface area contributed by atoms with E-state index in [1.165, 1.54) is 0 Å². The Morgan fingerprint density at radius 3 is 2.88 bits per heavy atom. The van der Waals surface area contributed by atoms with Crippen LogP contribution in [-0.2, 0) is 9.59 Å². The number of nitrogens with zero attached hydrogens (tertiary/aromatic N) is 1. The van der Waals surface area contributed by atoms with Crippen molar-refractivity contribution in [2.75, 3.05) is 19.6 Å². The molecular formula is C12H20N2O2. The Labute approximate surface area is 96.4 Å². The van der Waals surface area contributed by atoms with Gasteiger partial charge in [-0.15, -0.1) is 0 Å². The monoisotopic (exact) mass is 224 g/mol. The van der Waals surface area contributed by atoms with Crippen molar-refractivity contribution in [3.63, 3.8) is 0 Å². The Morgan fingerprint density at radius 2 is 2.19 bits per heavy atom. The van der Waals surface area contributed by atoms with Gasteiger partial charge in [-0.3, -0.25) is 4.79 Å². The van der Waals surface area contributed by atoms with Crippen molar-refractivity contribution < 1.29 is 9.59 Å². The van der Waals surface area contributed by atoms with Crippen LogP contribution in [0, 0.1) is 5.92 Å². The van der Waals surface area contributed by atoms with Crippen LogP contribution in [0.25, 0.3) is 0 Å². The summed E-state index contributed by atoms with van der Waals surface area (Å²) in [4.78, 5) is 24.4. The van der Waals surface area contributed by atoms with Gasteiger partial charge in [0.05, 0.1) is 0 Å². The average Bonchev–Trinajstić information content (AvgIpc) is 3.10. The standard InChI is InChI=1S/C12H20N2O2/c15-9-10-2-1-6-14(8-10)7-5-12(16)13-11-3-4-11/h9-11H,1-8H2,(H,13,16). The Morgan fingerprint density at radius 1 is 1.38 bits per heavy atom. The van der Waals surface area contributed by atoms with E-state index in [1.807, 2.05) is 0 Å². The van der Waals surface area contributed by atoms with Crippen LogP contribution in [0.4, 0.5) is 0 Å². The average molecular weight is 224 g/mol. The molecule has 0 aromatic carbocycles. The van der Waals surface area contributed by atoms with Gasteiger partial charge in [-0.1, -0.05) is 0 Å². The molecule has 16 heavy (non-hydrogen) atoms. The molecule has 0 aromatic heterocycles. The second-order valence-corrected chi connectivity index (χ2v) is 4.93. The van der Waals surface area contributed by atoms with Crippen LogP contribution in [0.15, 0.2) is 0 Å². The Bertz CT molecular complexity index is 264. The van der Waals surface area contributed by atoms with Crippen molar-refractivity contribution in [3.8, 4) is 0 Å². The quantitative estimate of drug-likeness (QED) is 0.694. The lowest BCUT2D eigenvalue weighted by Gasteiger charge is -2.29. The summed E-state index contributed by atoms with van der Waals surface area (Å²) in [5.41, 5.74) is 0. The van der Waals surface area contributed by atoms with Gasteiger partial charge in [0.2, 0.25) is 5.91 Å². The number of nitrogens with one attached hydrogen (secondary N) is 1. The van der Waals surface area contributed by atoms with E-state index in [1.54, 1.807) is 0 Å². The molecule has 2 aliphatic rings. The molecule has 4 nitrogen and oxygen atoms in total. The van der Waals surface area contributed by atoms with Crippen LogP contribution in [0.2, 0.25) is 0 Å². The maximum Gasteiger partial charge on any atom is 0.221 e. The highest BCUT2D eigenvalue weighted by Gasteiger charge is 2.24. The first-order valence-corrected chi connectivity index (χ1v) is 6.25. The van der Waals surface area contributed by atoms with E-state index in [-0.39, 0.29) is 11.8 Å². The third-order valence-electron chi connectivity index (χ3n) is 3.33. The van der Waals surface area contributed by atoms with Gasteiger partial charge < -0.3 is 15.0 Å². The molecule has 90 valence electrons. The third-order valence-corrected chi connectivity index (χ3v) is 3.33. The first-order chi connectivity index (χ1) is 7.78. The van der Waals surface area contributed by atoms with Gasteiger partial charge in [-0.25, -0.2) is 0 Å². The van der Waals surface area contributed by atoms with Crippen LogP contribution < -0.4 is 5.32 Å². The molecule has 2 fully saturated rings. The van der Waals surface area contributed by atoms with Crippen LogP contribution in [0.3, 0.4) is 0 Å². The fourth-order valence-electron chi connectivity index (χ4n) is 2.19. The molecule has 1 amide bonds. The summed E-state index contributed by atoms with van der Waals surface area (Å²) in [5.74, 6) is 0.343. The second kappa shape index (κ2) is 5.43. The molecule has 1 heterocycles. The van der Waals surface area contributed by atoms with Crippen molar-refractivity contribution >= 4 is 12.2 Å². The molecule has 2 rings (SSSR count). The van der Waals surface area contributed by atoms with Gasteiger partial charge in [-0.2, -0.15) is 0 Å². The first-order valence-electron chi connectivity index (χ1n) is 6.25. The molecule has 0 radical (unpaired) electrons. The van der Waals surface area contributed by atoms with E-state index in [0.717, 1.165) is 51.6 Å². The van der Waals surface area contributed by atoms with Gasteiger partial charge in [0.15, 0.2) is 0 Å². The van der Waals surface area contributed by atoms with Gasteiger partial charge in [0, 0.05) is 31.5 Å². The predicted molar refractivity (Wildman–Crippen MR) is 61.0 cm³/mol. The number of likely N-dealkylation sites (tertiary alicyclic amines) is 1. The van der Waals surface area contributed by atoms with Crippen molar-refractivity contribution in [1.82, 2.24) is 10.2 Å². The first kappa shape index (κ1) is 11.6. The lowest BCUT2D eigenvalue weighted by molar-refractivity contribution is -0.121. The van der Waals surface area contributed by atoms with Gasteiger partial charge in [0.1, 0.15) is 6.29 Å². The number of aldehydes is 1. The highest BCUT2D eigenvalue weighted by atomic mass is 16.1. The number of carbonyl (C=O) groups excluding carboxylic acids is 2. The molecule has 4 heteroatoms. The van der Waals surface area contributed by atoms with Crippen LogP contribution in [-0.4, -0.2) is 42.8 Å². The van der Waals surface area contributed by atoms with Crippen molar-refractivity contribution in [1.29, 1.82) is 0 Å². The molecule has 1 saturated heterocycles. The summed E-state index contributed by atoms with van der Waals surface area (Å²) in [6.45, 7) is 2.66. The number of hydrogen-bond acceptors (Lipinski definition) is 3. The summed E-state index contributed by atoms with van der Waals surface area (Å²) in [5, 5.41) is 2.98. The van der Waals surface area contributed by atoms with Crippen LogP contribution in [0.5, 0.6) is 0 Å². The maximum absolute atomic E-state index is 11.5. The second-order valence-electron chi connectivity index (χ2n) is 4.93. The SMILES string of the molecule is O=CC1CCCN(CCC(=O)NC2CC2)C1. The molecular weight excluding hydrogens is 204 g/mol. The van der Waals surface area contributed by atoms with Gasteiger partial charge in [0.25, 0.3) is 0 Å². The molecule has 1 aliphatic heterocycles. The minimum atomic E-state index is 0.163. The van der Waals surface area contributed by atoms with Crippen LogP contribution >= 0.6 is 0 Å². The highest BCUT2D eigenvalue weighted by Crippen LogP contribution is 2.19. The van der Waals surface area contributed by atoms with E-state index in [2.05, 4.69) is 10.2 Å². The molecule has 0 spiro atoms. The lowest BCUT2D eigenvalue weighted by Crippen LogP contribution is -2.38. The molecule has 1 aliphatic carbocycles. The number of piperidine rings is 1. The van der Waals surface area contributed by atoms with Crippen molar-refractivity contribution in [2.24, 2.45) is 5.92 Å². The molecule has 0 aromatic rings. The number of carbonyl (C=O) groups is 2. The van der Waals surface area contributed by atoms with Gasteiger partial charge in [-0.05, 0) is 32.2 Å². The smallest absolute Gasteiger partial charge is 0.221 e. The zero-order valence-electron chi connectivity index (χ0n) is 9.65. The lowest BCUT2D eigenvalue weighted by atomic mass is 10.00. The summed E-state index contributed by atoms with van der Waals surface area (Å²) in [6, 6.07) is 0.455. The summed E-state index contributed by atoms with van der Waals surface area (Å²) >= 11 is 0. The third kappa shape index (κ3) is 3.59. The molecule has 1 N–H and O–H groups in total. The predicted octanol–water partition coefficient (Wildman–Crippen LogP) is 0.566. The molecule has 1 atom stereocenters. The number of amides is 1. The number of rotatable bonds is 5. The van der Waals surface area contributed by atoms with E-state index in [9.17, 15) is 9.59 Å². The van der Waals surface area contributed by atoms with E-state index in [0.29, 0.717) is 12.5 Å². The summed E-state index contributed by atoms with van der Waals surface area (Å²) in [7, 11) is 0. The fourth-order valence-corrected chi connectivity index (χ4v) is 2.19. The fraction of sp³-hybridized carbons (Fsp3) is 0.833. The van der Waals surface area contributed by atoms with Crippen molar-refractivity contribution in [2.45, 2.75) is 38.1 Å². The summed E-state index contributed by atoms with van der Waals surface area (Å²) < 4.78 is 0. The normalized spacial score (nSPS) is 26.4. The Kier molecular flexibility index (Phi) is 3.93. The molecule has 0 bridgehead atoms. The van der Waals surface area contributed by atoms with E-state index < -0.39 is 0 Å². The van der Waals surface area contributed by atoms with Crippen LogP contribution in [0.1, 0.15) is 32.1 Å². The topological polar surface area (TPSA) is 49.4 Å². The number of hydrogen-bond donors (Lipinski definition) is 1. The molecule has 1 saturated carbocycles.